The second-order valence-corrected chi connectivity index (χ2v) is 10.8. The summed E-state index contributed by atoms with van der Waals surface area (Å²) >= 11 is 1.44. The summed E-state index contributed by atoms with van der Waals surface area (Å²) in [5.74, 6) is -0.257. The van der Waals surface area contributed by atoms with Gasteiger partial charge in [-0.3, -0.25) is 14.4 Å². The van der Waals surface area contributed by atoms with E-state index in [9.17, 15) is 13.2 Å². The lowest BCUT2D eigenvalue weighted by Crippen LogP contribution is -2.34. The number of aryl methyl sites for hydroxylation is 2. The maximum atomic E-state index is 12.8. The quantitative estimate of drug-likeness (QED) is 0.651. The number of carbonyl (C=O) groups is 1. The minimum atomic E-state index is -3.35. The van der Waals surface area contributed by atoms with E-state index in [1.165, 1.54) is 27.5 Å². The van der Waals surface area contributed by atoms with Crippen LogP contribution in [0.5, 0.6) is 0 Å². The molecule has 1 aliphatic rings. The first-order chi connectivity index (χ1) is 14.1. The maximum absolute atomic E-state index is 12.8. The van der Waals surface area contributed by atoms with E-state index in [1.807, 2.05) is 45.0 Å². The highest BCUT2D eigenvalue weighted by atomic mass is 32.2. The van der Waals surface area contributed by atoms with Crippen LogP contribution in [0.4, 0.5) is 10.8 Å². The molecule has 1 unspecified atom stereocenters. The number of sulfonamides is 1. The molecular weight excluding hydrogens is 418 g/mol. The van der Waals surface area contributed by atoms with Crippen LogP contribution in [0.3, 0.4) is 0 Å². The first kappa shape index (κ1) is 20.6. The Hall–Kier alpha value is -2.71. The van der Waals surface area contributed by atoms with Gasteiger partial charge in [-0.2, -0.15) is 0 Å². The summed E-state index contributed by atoms with van der Waals surface area (Å²) < 4.78 is 25.6. The van der Waals surface area contributed by atoms with Crippen LogP contribution in [0, 0.1) is 13.8 Å². The number of carbonyl (C=O) groups excluding carboxylic acids is 1. The van der Waals surface area contributed by atoms with Gasteiger partial charge in [0.15, 0.2) is 5.13 Å². The number of anilines is 2. The van der Waals surface area contributed by atoms with Crippen molar-refractivity contribution in [1.82, 2.24) is 4.98 Å². The Morgan fingerprint density at radius 3 is 2.53 bits per heavy atom. The number of thiazole rings is 1. The number of nitrogens with one attached hydrogen (secondary N) is 1. The van der Waals surface area contributed by atoms with Crippen molar-refractivity contribution in [3.63, 3.8) is 0 Å². The van der Waals surface area contributed by atoms with Crippen molar-refractivity contribution in [3.8, 4) is 11.3 Å². The van der Waals surface area contributed by atoms with Gasteiger partial charge in [0.05, 0.1) is 17.6 Å². The van der Waals surface area contributed by atoms with Gasteiger partial charge in [0.2, 0.25) is 10.0 Å². The van der Waals surface area contributed by atoms with Crippen molar-refractivity contribution in [2.75, 3.05) is 15.9 Å². The Morgan fingerprint density at radius 2 is 1.87 bits per heavy atom. The first-order valence-electron chi connectivity index (χ1n) is 9.61. The second kappa shape index (κ2) is 7.52. The van der Waals surface area contributed by atoms with Crippen molar-refractivity contribution in [2.45, 2.75) is 33.2 Å². The Morgan fingerprint density at radius 1 is 1.17 bits per heavy atom. The highest BCUT2D eigenvalue weighted by Crippen LogP contribution is 2.35. The Balaban J connectivity index is 1.57. The minimum absolute atomic E-state index is 0.160. The zero-order valence-electron chi connectivity index (χ0n) is 17.3. The topological polar surface area (TPSA) is 79.4 Å². The molecule has 3 aromatic rings. The average molecular weight is 442 g/mol. The van der Waals surface area contributed by atoms with E-state index < -0.39 is 10.0 Å². The molecular formula is C22H23N3O3S2. The molecule has 0 aliphatic carbocycles. The Bertz CT molecular complexity index is 1230. The molecule has 6 nitrogen and oxygen atoms in total. The fourth-order valence-corrected chi connectivity index (χ4v) is 5.94. The number of hydrogen-bond acceptors (Lipinski definition) is 5. The SMILES string of the molecule is Cc1ccc(-c2nc(NC(=O)c3ccc4c(c3)CC(C)N4S(C)(=O)=O)sc2C)cc1. The van der Waals surface area contributed by atoms with Gasteiger partial charge in [0, 0.05) is 22.0 Å². The van der Waals surface area contributed by atoms with Gasteiger partial charge < -0.3 is 0 Å². The summed E-state index contributed by atoms with van der Waals surface area (Å²) in [6, 6.07) is 13.1. The summed E-state index contributed by atoms with van der Waals surface area (Å²) in [5.41, 5.74) is 5.05. The van der Waals surface area contributed by atoms with E-state index in [2.05, 4.69) is 10.3 Å². The monoisotopic (exact) mass is 441 g/mol. The van der Waals surface area contributed by atoms with Crippen LogP contribution in [0.1, 0.15) is 33.3 Å². The summed E-state index contributed by atoms with van der Waals surface area (Å²) in [6.45, 7) is 5.89. The molecule has 8 heteroatoms. The lowest BCUT2D eigenvalue weighted by atomic mass is 10.1. The number of aromatic nitrogens is 1. The summed E-state index contributed by atoms with van der Waals surface area (Å²) in [4.78, 5) is 18.4. The predicted octanol–water partition coefficient (Wildman–Crippen LogP) is 4.39. The van der Waals surface area contributed by atoms with Gasteiger partial charge in [-0.1, -0.05) is 29.8 Å². The van der Waals surface area contributed by atoms with Crippen molar-refractivity contribution in [1.29, 1.82) is 0 Å². The average Bonchev–Trinajstić information content (AvgIpc) is 3.19. The molecule has 2 aromatic carbocycles. The van der Waals surface area contributed by atoms with E-state index in [0.717, 1.165) is 21.7 Å². The number of nitrogens with zero attached hydrogens (tertiary/aromatic N) is 2. The molecule has 0 bridgehead atoms. The first-order valence-corrected chi connectivity index (χ1v) is 12.3. The van der Waals surface area contributed by atoms with Crippen LogP contribution in [-0.4, -0.2) is 31.6 Å². The molecule has 1 aliphatic heterocycles. The number of fused-ring (bicyclic) bond motifs is 1. The molecule has 0 saturated heterocycles. The summed E-state index contributed by atoms with van der Waals surface area (Å²) in [5, 5.41) is 3.42. The van der Waals surface area contributed by atoms with Crippen molar-refractivity contribution >= 4 is 38.1 Å². The molecule has 1 atom stereocenters. The van der Waals surface area contributed by atoms with E-state index >= 15 is 0 Å². The molecule has 4 rings (SSSR count). The van der Waals surface area contributed by atoms with E-state index in [1.54, 1.807) is 18.2 Å². The predicted molar refractivity (Wildman–Crippen MR) is 122 cm³/mol. The fourth-order valence-electron chi connectivity index (χ4n) is 3.85. The summed E-state index contributed by atoms with van der Waals surface area (Å²) in [7, 11) is -3.35. The highest BCUT2D eigenvalue weighted by Gasteiger charge is 2.32. The third-order valence-corrected chi connectivity index (χ3v) is 7.35. The molecule has 2 heterocycles. The molecule has 1 amide bonds. The zero-order chi connectivity index (χ0) is 21.6. The molecule has 1 aromatic heterocycles. The molecule has 0 saturated carbocycles. The number of hydrogen-bond donors (Lipinski definition) is 1. The highest BCUT2D eigenvalue weighted by molar-refractivity contribution is 7.92. The minimum Gasteiger partial charge on any atom is -0.298 e. The molecule has 30 heavy (non-hydrogen) atoms. The lowest BCUT2D eigenvalue weighted by Gasteiger charge is -2.21. The van der Waals surface area contributed by atoms with Crippen LogP contribution in [-0.2, 0) is 16.4 Å². The fraction of sp³-hybridized carbons (Fsp3) is 0.273. The van der Waals surface area contributed by atoms with Gasteiger partial charge in [-0.05, 0) is 51.0 Å². The Kier molecular flexibility index (Phi) is 5.15. The van der Waals surface area contributed by atoms with Crippen molar-refractivity contribution in [2.24, 2.45) is 0 Å². The standard InChI is InChI=1S/C22H23N3O3S2/c1-13-5-7-16(8-6-13)20-15(3)29-22(23-20)24-21(26)17-9-10-19-18(12-17)11-14(2)25(19)30(4,27)28/h5-10,12,14H,11H2,1-4H3,(H,23,24,26). The van der Waals surface area contributed by atoms with Gasteiger partial charge in [-0.25, -0.2) is 13.4 Å². The van der Waals surface area contributed by atoms with Crippen molar-refractivity contribution < 1.29 is 13.2 Å². The molecule has 0 fully saturated rings. The lowest BCUT2D eigenvalue weighted by molar-refractivity contribution is 0.102. The van der Waals surface area contributed by atoms with Gasteiger partial charge in [-0.15, -0.1) is 11.3 Å². The van der Waals surface area contributed by atoms with E-state index in [-0.39, 0.29) is 11.9 Å². The summed E-state index contributed by atoms with van der Waals surface area (Å²) in [6.07, 6.45) is 1.78. The smallest absolute Gasteiger partial charge is 0.257 e. The van der Waals surface area contributed by atoms with E-state index in [4.69, 9.17) is 0 Å². The second-order valence-electron chi connectivity index (χ2n) is 7.70. The third kappa shape index (κ3) is 3.85. The van der Waals surface area contributed by atoms with Crippen molar-refractivity contribution in [3.05, 3.63) is 64.0 Å². The van der Waals surface area contributed by atoms with Gasteiger partial charge in [0.1, 0.15) is 0 Å². The van der Waals surface area contributed by atoms with Crippen LogP contribution < -0.4 is 9.62 Å². The van der Waals surface area contributed by atoms with Crippen LogP contribution >= 0.6 is 11.3 Å². The zero-order valence-corrected chi connectivity index (χ0v) is 18.9. The van der Waals surface area contributed by atoms with Gasteiger partial charge in [0.25, 0.3) is 5.91 Å². The largest absolute Gasteiger partial charge is 0.298 e. The van der Waals surface area contributed by atoms with Crippen LogP contribution in [0.25, 0.3) is 11.3 Å². The molecule has 1 N–H and O–H groups in total. The molecule has 0 radical (unpaired) electrons. The maximum Gasteiger partial charge on any atom is 0.257 e. The number of rotatable bonds is 4. The Labute approximate surface area is 180 Å². The van der Waals surface area contributed by atoms with Crippen LogP contribution in [0.15, 0.2) is 42.5 Å². The van der Waals surface area contributed by atoms with Gasteiger partial charge >= 0.3 is 0 Å². The van der Waals surface area contributed by atoms with E-state index in [0.29, 0.717) is 22.8 Å². The van der Waals surface area contributed by atoms with Crippen LogP contribution in [0.2, 0.25) is 0 Å². The molecule has 0 spiro atoms. The normalized spacial score (nSPS) is 15.9. The molecule has 156 valence electrons. The third-order valence-electron chi connectivity index (χ3n) is 5.19. The number of benzene rings is 2. The number of amides is 1.